The van der Waals surface area contributed by atoms with E-state index in [-0.39, 0.29) is 23.5 Å². The highest BCUT2D eigenvalue weighted by Gasteiger charge is 2.34. The number of nitrogens with zero attached hydrogens (tertiary/aromatic N) is 1. The fourth-order valence-electron chi connectivity index (χ4n) is 3.71. The molecule has 0 N–H and O–H groups in total. The van der Waals surface area contributed by atoms with Crippen LogP contribution in [0.25, 0.3) is 10.8 Å². The number of carbonyl (C=O) groups is 1. The number of benzene rings is 3. The lowest BCUT2D eigenvalue weighted by molar-refractivity contribution is -0.130. The predicted octanol–water partition coefficient (Wildman–Crippen LogP) is 4.15. The van der Waals surface area contributed by atoms with Crippen molar-refractivity contribution in [2.75, 3.05) is 17.3 Å². The monoisotopic (exact) mass is 425 g/mol. The number of hydrogen-bond donors (Lipinski definition) is 0. The Hall–Kier alpha value is -2.31. The Morgan fingerprint density at radius 3 is 2.41 bits per heavy atom. The highest BCUT2D eigenvalue weighted by molar-refractivity contribution is 8.00. The SMILES string of the molecule is O=C(CSc1ccc2ccccc2c1)N(Cc1ccccc1)[C@@H]1CCS(=O)(=O)C1. The lowest BCUT2D eigenvalue weighted by atomic mass is 10.1. The van der Waals surface area contributed by atoms with E-state index in [9.17, 15) is 13.2 Å². The molecule has 0 spiro atoms. The molecule has 1 saturated heterocycles. The second-order valence-corrected chi connectivity index (χ2v) is 10.6. The number of sulfone groups is 1. The minimum absolute atomic E-state index is 0.0193. The molecule has 0 radical (unpaired) electrons. The third kappa shape index (κ3) is 5.00. The molecule has 1 heterocycles. The van der Waals surface area contributed by atoms with E-state index in [1.165, 1.54) is 17.1 Å². The van der Waals surface area contributed by atoms with Crippen LogP contribution in [-0.4, -0.2) is 42.5 Å². The van der Waals surface area contributed by atoms with Gasteiger partial charge in [-0.15, -0.1) is 11.8 Å². The van der Waals surface area contributed by atoms with Crippen LogP contribution in [0.3, 0.4) is 0 Å². The molecule has 150 valence electrons. The van der Waals surface area contributed by atoms with Gasteiger partial charge in [0, 0.05) is 17.5 Å². The lowest BCUT2D eigenvalue weighted by Gasteiger charge is -2.28. The summed E-state index contributed by atoms with van der Waals surface area (Å²) in [5.74, 6) is 0.497. The summed E-state index contributed by atoms with van der Waals surface area (Å²) < 4.78 is 24.0. The first-order valence-electron chi connectivity index (χ1n) is 9.66. The van der Waals surface area contributed by atoms with E-state index >= 15 is 0 Å². The maximum Gasteiger partial charge on any atom is 0.233 e. The second-order valence-electron chi connectivity index (χ2n) is 7.36. The molecule has 0 unspecified atom stereocenters. The van der Waals surface area contributed by atoms with Crippen LogP contribution in [0.1, 0.15) is 12.0 Å². The summed E-state index contributed by atoms with van der Waals surface area (Å²) in [4.78, 5) is 15.9. The highest BCUT2D eigenvalue weighted by Crippen LogP contribution is 2.26. The zero-order valence-electron chi connectivity index (χ0n) is 16.0. The van der Waals surface area contributed by atoms with E-state index in [0.29, 0.717) is 18.7 Å². The Bertz CT molecular complexity index is 1110. The minimum Gasteiger partial charge on any atom is -0.334 e. The van der Waals surface area contributed by atoms with E-state index in [4.69, 9.17) is 0 Å². The Morgan fingerprint density at radius 2 is 1.69 bits per heavy atom. The van der Waals surface area contributed by atoms with Crippen molar-refractivity contribution in [2.45, 2.75) is 23.9 Å². The molecule has 1 amide bonds. The van der Waals surface area contributed by atoms with Gasteiger partial charge in [-0.3, -0.25) is 4.79 Å². The number of rotatable bonds is 6. The first-order valence-corrected chi connectivity index (χ1v) is 12.5. The van der Waals surface area contributed by atoms with E-state index < -0.39 is 9.84 Å². The quantitative estimate of drug-likeness (QED) is 0.557. The van der Waals surface area contributed by atoms with Gasteiger partial charge in [0.15, 0.2) is 9.84 Å². The van der Waals surface area contributed by atoms with Gasteiger partial charge in [-0.1, -0.05) is 60.7 Å². The molecular formula is C23H23NO3S2. The van der Waals surface area contributed by atoms with E-state index in [2.05, 4.69) is 24.3 Å². The zero-order chi connectivity index (χ0) is 20.3. The zero-order valence-corrected chi connectivity index (χ0v) is 17.7. The smallest absolute Gasteiger partial charge is 0.233 e. The van der Waals surface area contributed by atoms with Gasteiger partial charge in [0.2, 0.25) is 5.91 Å². The number of fused-ring (bicyclic) bond motifs is 1. The minimum atomic E-state index is -3.06. The molecule has 3 aromatic carbocycles. The van der Waals surface area contributed by atoms with Crippen LogP contribution in [-0.2, 0) is 21.2 Å². The lowest BCUT2D eigenvalue weighted by Crippen LogP contribution is -2.41. The molecule has 1 aliphatic heterocycles. The Kier molecular flexibility index (Phi) is 5.92. The van der Waals surface area contributed by atoms with Gasteiger partial charge in [-0.2, -0.15) is 0 Å². The molecule has 3 aromatic rings. The summed E-state index contributed by atoms with van der Waals surface area (Å²) in [6.07, 6.45) is 0.515. The average molecular weight is 426 g/mol. The standard InChI is InChI=1S/C23H23NO3S2/c25-23(16-28-22-11-10-19-8-4-5-9-20(19)14-22)24(15-18-6-2-1-3-7-18)21-12-13-29(26,27)17-21/h1-11,14,21H,12-13,15-17H2/t21-/m1/s1. The summed E-state index contributed by atoms with van der Waals surface area (Å²) in [5.41, 5.74) is 1.01. The van der Waals surface area contributed by atoms with Gasteiger partial charge in [-0.05, 0) is 34.9 Å². The molecule has 29 heavy (non-hydrogen) atoms. The largest absolute Gasteiger partial charge is 0.334 e. The van der Waals surface area contributed by atoms with Gasteiger partial charge in [0.25, 0.3) is 0 Å². The van der Waals surface area contributed by atoms with E-state index in [0.717, 1.165) is 15.8 Å². The molecule has 0 saturated carbocycles. The highest BCUT2D eigenvalue weighted by atomic mass is 32.2. The first kappa shape index (κ1) is 20.0. The van der Waals surface area contributed by atoms with Crippen LogP contribution >= 0.6 is 11.8 Å². The molecule has 0 aromatic heterocycles. The van der Waals surface area contributed by atoms with Gasteiger partial charge in [0.05, 0.1) is 17.3 Å². The normalized spacial score (nSPS) is 18.0. The predicted molar refractivity (Wildman–Crippen MR) is 119 cm³/mol. The van der Waals surface area contributed by atoms with Crippen molar-refractivity contribution in [3.05, 3.63) is 78.4 Å². The third-order valence-corrected chi connectivity index (χ3v) is 7.98. The van der Waals surface area contributed by atoms with Crippen LogP contribution in [0.2, 0.25) is 0 Å². The van der Waals surface area contributed by atoms with Crippen molar-refractivity contribution in [1.82, 2.24) is 4.90 Å². The molecule has 4 nitrogen and oxygen atoms in total. The Labute approximate surface area is 175 Å². The molecule has 0 aliphatic carbocycles. The summed E-state index contributed by atoms with van der Waals surface area (Å²) in [7, 11) is -3.06. The molecule has 0 bridgehead atoms. The molecule has 1 fully saturated rings. The Morgan fingerprint density at radius 1 is 0.966 bits per heavy atom. The summed E-state index contributed by atoms with van der Waals surface area (Å²) in [6, 6.07) is 23.8. The second kappa shape index (κ2) is 8.59. The van der Waals surface area contributed by atoms with Crippen LogP contribution in [0.15, 0.2) is 77.7 Å². The first-order chi connectivity index (χ1) is 14.0. The summed E-state index contributed by atoms with van der Waals surface area (Å²) in [6.45, 7) is 0.443. The van der Waals surface area contributed by atoms with Crippen molar-refractivity contribution in [1.29, 1.82) is 0 Å². The maximum absolute atomic E-state index is 13.1. The number of amides is 1. The molecular weight excluding hydrogens is 402 g/mol. The molecule has 1 aliphatic rings. The topological polar surface area (TPSA) is 54.5 Å². The average Bonchev–Trinajstić information content (AvgIpc) is 3.10. The summed E-state index contributed by atoms with van der Waals surface area (Å²) >= 11 is 1.50. The van der Waals surface area contributed by atoms with Crippen LogP contribution in [0, 0.1) is 0 Å². The van der Waals surface area contributed by atoms with Crippen molar-refractivity contribution in [2.24, 2.45) is 0 Å². The summed E-state index contributed by atoms with van der Waals surface area (Å²) in [5, 5.41) is 2.32. The fraction of sp³-hybridized carbons (Fsp3) is 0.261. The van der Waals surface area contributed by atoms with Gasteiger partial charge in [-0.25, -0.2) is 8.42 Å². The number of carbonyl (C=O) groups excluding carboxylic acids is 1. The van der Waals surface area contributed by atoms with Crippen molar-refractivity contribution >= 4 is 38.3 Å². The fourth-order valence-corrected chi connectivity index (χ4v) is 6.27. The van der Waals surface area contributed by atoms with Gasteiger partial charge >= 0.3 is 0 Å². The van der Waals surface area contributed by atoms with E-state index in [1.807, 2.05) is 48.5 Å². The van der Waals surface area contributed by atoms with Crippen LogP contribution < -0.4 is 0 Å². The van der Waals surface area contributed by atoms with Crippen LogP contribution in [0.4, 0.5) is 0 Å². The molecule has 4 rings (SSSR count). The van der Waals surface area contributed by atoms with Crippen LogP contribution in [0.5, 0.6) is 0 Å². The van der Waals surface area contributed by atoms with Crippen molar-refractivity contribution in [3.8, 4) is 0 Å². The molecule has 1 atom stereocenters. The number of hydrogen-bond acceptors (Lipinski definition) is 4. The molecule has 6 heteroatoms. The van der Waals surface area contributed by atoms with Gasteiger partial charge in [0.1, 0.15) is 0 Å². The van der Waals surface area contributed by atoms with Crippen molar-refractivity contribution < 1.29 is 13.2 Å². The number of thioether (sulfide) groups is 1. The van der Waals surface area contributed by atoms with Gasteiger partial charge < -0.3 is 4.90 Å². The van der Waals surface area contributed by atoms with Crippen molar-refractivity contribution in [3.63, 3.8) is 0 Å². The van der Waals surface area contributed by atoms with E-state index in [1.54, 1.807) is 4.90 Å². The third-order valence-electron chi connectivity index (χ3n) is 5.25. The Balaban J connectivity index is 1.49. The maximum atomic E-state index is 13.1.